The number of aromatic nitrogens is 2. The number of carbonyl (C=O) groups excluding carboxylic acids is 1. The van der Waals surface area contributed by atoms with Crippen molar-refractivity contribution < 1.29 is 4.79 Å². The predicted octanol–water partition coefficient (Wildman–Crippen LogP) is 2.24. The predicted molar refractivity (Wildman–Crippen MR) is 85.4 cm³/mol. The maximum absolute atomic E-state index is 12.5. The number of nitrogens with zero attached hydrogens (tertiary/aromatic N) is 2. The lowest BCUT2D eigenvalue weighted by Gasteiger charge is -2.19. The van der Waals surface area contributed by atoms with Crippen molar-refractivity contribution in [2.45, 2.75) is 32.9 Å². The van der Waals surface area contributed by atoms with Gasteiger partial charge >= 0.3 is 0 Å². The second-order valence-corrected chi connectivity index (χ2v) is 6.73. The van der Waals surface area contributed by atoms with Gasteiger partial charge in [-0.25, -0.2) is 0 Å². The highest BCUT2D eigenvalue weighted by atomic mass is 32.1. The third-order valence-electron chi connectivity index (χ3n) is 3.51. The fraction of sp³-hybridized carbons (Fsp3) is 0.467. The molecule has 0 radical (unpaired) electrons. The number of carbonyl (C=O) groups is 1. The summed E-state index contributed by atoms with van der Waals surface area (Å²) < 4.78 is 1.70. The van der Waals surface area contributed by atoms with Gasteiger partial charge in [0.15, 0.2) is 0 Å². The number of amides is 1. The van der Waals surface area contributed by atoms with Gasteiger partial charge in [0.05, 0.1) is 12.2 Å². The van der Waals surface area contributed by atoms with Crippen LogP contribution in [-0.2, 0) is 11.8 Å². The van der Waals surface area contributed by atoms with Crippen LogP contribution in [0.1, 0.15) is 39.9 Å². The second kappa shape index (κ2) is 6.41. The molecule has 21 heavy (non-hydrogen) atoms. The van der Waals surface area contributed by atoms with Crippen LogP contribution in [0.4, 0.5) is 0 Å². The van der Waals surface area contributed by atoms with E-state index in [0.717, 1.165) is 5.56 Å². The van der Waals surface area contributed by atoms with Crippen molar-refractivity contribution >= 4 is 17.2 Å². The van der Waals surface area contributed by atoms with E-state index in [4.69, 9.17) is 0 Å². The lowest BCUT2D eigenvalue weighted by atomic mass is 10.1. The van der Waals surface area contributed by atoms with Crippen LogP contribution in [0.3, 0.4) is 0 Å². The summed E-state index contributed by atoms with van der Waals surface area (Å²) in [5.74, 6) is -0.0405. The Labute approximate surface area is 129 Å². The maximum Gasteiger partial charge on any atom is 0.242 e. The van der Waals surface area contributed by atoms with Crippen molar-refractivity contribution in [3.05, 3.63) is 39.3 Å². The van der Waals surface area contributed by atoms with Crippen LogP contribution in [-0.4, -0.2) is 22.7 Å². The summed E-state index contributed by atoms with van der Waals surface area (Å²) in [4.78, 5) is 15.0. The normalized spacial score (nSPS) is 14.0. The van der Waals surface area contributed by atoms with Crippen LogP contribution in [0.15, 0.2) is 18.5 Å². The third-order valence-corrected chi connectivity index (χ3v) is 4.50. The van der Waals surface area contributed by atoms with Crippen LogP contribution >= 0.6 is 11.3 Å². The molecule has 0 aromatic carbocycles. The van der Waals surface area contributed by atoms with Gasteiger partial charge in [-0.3, -0.25) is 9.48 Å². The quantitative estimate of drug-likeness (QED) is 0.890. The molecule has 2 aromatic heterocycles. The zero-order chi connectivity index (χ0) is 15.6. The fourth-order valence-corrected chi connectivity index (χ4v) is 3.52. The average Bonchev–Trinajstić information content (AvgIpc) is 2.96. The lowest BCUT2D eigenvalue weighted by Crippen LogP contribution is -2.37. The molecule has 1 amide bonds. The van der Waals surface area contributed by atoms with Gasteiger partial charge in [-0.1, -0.05) is 0 Å². The zero-order valence-corrected chi connectivity index (χ0v) is 13.9. The van der Waals surface area contributed by atoms with E-state index in [1.54, 1.807) is 29.3 Å². The molecule has 2 rings (SSSR count). The van der Waals surface area contributed by atoms with Gasteiger partial charge in [0.25, 0.3) is 0 Å². The van der Waals surface area contributed by atoms with Crippen LogP contribution in [0.25, 0.3) is 0 Å². The van der Waals surface area contributed by atoms with Gasteiger partial charge in [0, 0.05) is 28.6 Å². The molecule has 5 nitrogen and oxygen atoms in total. The number of thiophene rings is 1. The molecular weight excluding hydrogens is 284 g/mol. The highest BCUT2D eigenvalue weighted by molar-refractivity contribution is 7.12. The summed E-state index contributed by atoms with van der Waals surface area (Å²) >= 11 is 1.76. The van der Waals surface area contributed by atoms with E-state index >= 15 is 0 Å². The number of hydrogen-bond donors (Lipinski definition) is 2. The van der Waals surface area contributed by atoms with E-state index in [1.807, 2.05) is 20.2 Å². The summed E-state index contributed by atoms with van der Waals surface area (Å²) in [7, 11) is 3.62. The molecule has 0 saturated carbocycles. The average molecular weight is 306 g/mol. The summed E-state index contributed by atoms with van der Waals surface area (Å²) in [6, 6.07) is 1.75. The van der Waals surface area contributed by atoms with Gasteiger partial charge in [0.1, 0.15) is 6.04 Å². The molecule has 0 saturated heterocycles. The molecule has 0 fully saturated rings. The van der Waals surface area contributed by atoms with Gasteiger partial charge in [-0.2, -0.15) is 5.10 Å². The Kier molecular flexibility index (Phi) is 4.80. The summed E-state index contributed by atoms with van der Waals surface area (Å²) in [6.07, 6.45) is 3.57. The number of likely N-dealkylation sites (N-methyl/N-ethyl adjacent to an activating group) is 1. The van der Waals surface area contributed by atoms with E-state index in [1.165, 1.54) is 15.3 Å². The van der Waals surface area contributed by atoms with Crippen molar-refractivity contribution in [3.63, 3.8) is 0 Å². The number of rotatable bonds is 5. The van der Waals surface area contributed by atoms with E-state index in [0.29, 0.717) is 0 Å². The third kappa shape index (κ3) is 3.51. The first-order valence-corrected chi connectivity index (χ1v) is 7.77. The van der Waals surface area contributed by atoms with E-state index in [2.05, 4.69) is 35.6 Å². The van der Waals surface area contributed by atoms with Gasteiger partial charge in [0.2, 0.25) is 5.91 Å². The Bertz CT molecular complexity index is 631. The molecule has 0 aliphatic heterocycles. The molecule has 0 aliphatic carbocycles. The first kappa shape index (κ1) is 15.7. The van der Waals surface area contributed by atoms with Gasteiger partial charge in [-0.05, 0) is 39.4 Å². The number of nitrogens with one attached hydrogen (secondary N) is 2. The largest absolute Gasteiger partial charge is 0.348 e. The molecule has 2 N–H and O–H groups in total. The molecule has 0 aliphatic rings. The molecule has 0 bridgehead atoms. The molecule has 2 atom stereocenters. The van der Waals surface area contributed by atoms with Crippen molar-refractivity contribution in [3.8, 4) is 0 Å². The smallest absolute Gasteiger partial charge is 0.242 e. The standard InChI is InChI=1S/C15H22N4OS/c1-9-6-13(11(3)21-9)10(2)18-15(20)14(16-4)12-7-17-19(5)8-12/h6-8,10,14,16H,1-5H3,(H,18,20). The summed E-state index contributed by atoms with van der Waals surface area (Å²) in [5, 5.41) is 10.2. The van der Waals surface area contributed by atoms with E-state index in [-0.39, 0.29) is 18.0 Å². The summed E-state index contributed by atoms with van der Waals surface area (Å²) in [5.41, 5.74) is 2.05. The molecule has 6 heteroatoms. The monoisotopic (exact) mass is 306 g/mol. The Morgan fingerprint density at radius 3 is 2.62 bits per heavy atom. The highest BCUT2D eigenvalue weighted by Gasteiger charge is 2.22. The van der Waals surface area contributed by atoms with Crippen LogP contribution < -0.4 is 10.6 Å². The Hall–Kier alpha value is -1.66. The molecular formula is C15H22N4OS. The number of hydrogen-bond acceptors (Lipinski definition) is 4. The lowest BCUT2D eigenvalue weighted by molar-refractivity contribution is -0.123. The van der Waals surface area contributed by atoms with Crippen LogP contribution in [0.2, 0.25) is 0 Å². The maximum atomic E-state index is 12.5. The fourth-order valence-electron chi connectivity index (χ4n) is 2.49. The van der Waals surface area contributed by atoms with Gasteiger partial charge in [-0.15, -0.1) is 11.3 Å². The Morgan fingerprint density at radius 1 is 1.43 bits per heavy atom. The molecule has 2 heterocycles. The molecule has 114 valence electrons. The van der Waals surface area contributed by atoms with Crippen molar-refractivity contribution in [1.82, 2.24) is 20.4 Å². The highest BCUT2D eigenvalue weighted by Crippen LogP contribution is 2.26. The molecule has 2 unspecified atom stereocenters. The topological polar surface area (TPSA) is 59.0 Å². The second-order valence-electron chi connectivity index (χ2n) is 5.27. The molecule has 0 spiro atoms. The first-order chi connectivity index (χ1) is 9.92. The van der Waals surface area contributed by atoms with E-state index in [9.17, 15) is 4.79 Å². The SMILES string of the molecule is CNC(C(=O)NC(C)c1cc(C)sc1C)c1cnn(C)c1. The van der Waals surface area contributed by atoms with Crippen LogP contribution in [0.5, 0.6) is 0 Å². The summed E-state index contributed by atoms with van der Waals surface area (Å²) in [6.45, 7) is 6.19. The van der Waals surface area contributed by atoms with E-state index < -0.39 is 0 Å². The zero-order valence-electron chi connectivity index (χ0n) is 13.1. The van der Waals surface area contributed by atoms with Crippen molar-refractivity contribution in [2.75, 3.05) is 7.05 Å². The first-order valence-electron chi connectivity index (χ1n) is 6.95. The van der Waals surface area contributed by atoms with Crippen molar-refractivity contribution in [2.24, 2.45) is 7.05 Å². The van der Waals surface area contributed by atoms with Crippen molar-refractivity contribution in [1.29, 1.82) is 0 Å². The number of aryl methyl sites for hydroxylation is 3. The molecule has 2 aromatic rings. The minimum Gasteiger partial charge on any atom is -0.348 e. The Balaban J connectivity index is 2.10. The Morgan fingerprint density at radius 2 is 2.14 bits per heavy atom. The van der Waals surface area contributed by atoms with Gasteiger partial charge < -0.3 is 10.6 Å². The minimum absolute atomic E-state index is 0.00466. The minimum atomic E-state index is -0.388. The van der Waals surface area contributed by atoms with Crippen LogP contribution in [0, 0.1) is 13.8 Å².